The molecule has 3 aromatic rings. The van der Waals surface area contributed by atoms with Gasteiger partial charge in [0.2, 0.25) is 11.9 Å². The standard InChI is InChI=1S/C34H41N5O2S/c1-4-5-6-10-22(2)36-32(40)24-15-17-26(18-16-24)37-34-35-20-19-29(39-34)27-12-9-13-28(23(27)3)38-33(41)31-21-25-11-7-8-14-30(25)42-31/h9,12-13,15-20,22,31H,4-8,10-11,14,21H2,1-3H3,(H,36,40)(H,38,41)(H,35,37,39). The van der Waals surface area contributed by atoms with Crippen molar-refractivity contribution in [2.75, 3.05) is 10.6 Å². The Morgan fingerprint density at radius 1 is 1.05 bits per heavy atom. The summed E-state index contributed by atoms with van der Waals surface area (Å²) in [4.78, 5) is 36.4. The van der Waals surface area contributed by atoms with Crippen LogP contribution in [0.1, 0.15) is 87.6 Å². The van der Waals surface area contributed by atoms with Crippen LogP contribution in [0.5, 0.6) is 0 Å². The van der Waals surface area contributed by atoms with Crippen LogP contribution < -0.4 is 16.0 Å². The van der Waals surface area contributed by atoms with Crippen molar-refractivity contribution < 1.29 is 9.59 Å². The number of aromatic nitrogens is 2. The fourth-order valence-electron chi connectivity index (χ4n) is 5.63. The van der Waals surface area contributed by atoms with E-state index in [-0.39, 0.29) is 23.1 Å². The van der Waals surface area contributed by atoms with Gasteiger partial charge in [-0.1, -0.05) is 43.9 Å². The van der Waals surface area contributed by atoms with Crippen LogP contribution in [0, 0.1) is 6.92 Å². The van der Waals surface area contributed by atoms with E-state index in [0.717, 1.165) is 60.3 Å². The van der Waals surface area contributed by atoms with Crippen LogP contribution >= 0.6 is 11.8 Å². The first kappa shape index (κ1) is 29.8. The maximum absolute atomic E-state index is 13.2. The predicted molar refractivity (Wildman–Crippen MR) is 173 cm³/mol. The average molecular weight is 584 g/mol. The van der Waals surface area contributed by atoms with Crippen LogP contribution in [-0.4, -0.2) is 33.1 Å². The van der Waals surface area contributed by atoms with Gasteiger partial charge in [-0.15, -0.1) is 11.8 Å². The molecule has 0 bridgehead atoms. The molecular weight excluding hydrogens is 542 g/mol. The summed E-state index contributed by atoms with van der Waals surface area (Å²) < 4.78 is 0. The molecule has 0 radical (unpaired) electrons. The fraction of sp³-hybridized carbons (Fsp3) is 0.412. The Morgan fingerprint density at radius 3 is 2.64 bits per heavy atom. The zero-order valence-corrected chi connectivity index (χ0v) is 25.7. The minimum atomic E-state index is -0.0615. The third-order valence-electron chi connectivity index (χ3n) is 8.08. The lowest BCUT2D eigenvalue weighted by atomic mass is 9.96. The van der Waals surface area contributed by atoms with Gasteiger partial charge in [0.15, 0.2) is 0 Å². The molecule has 8 heteroatoms. The summed E-state index contributed by atoms with van der Waals surface area (Å²) in [5, 5.41) is 9.48. The molecule has 42 heavy (non-hydrogen) atoms. The maximum atomic E-state index is 13.2. The molecule has 2 heterocycles. The van der Waals surface area contributed by atoms with Crippen molar-refractivity contribution in [2.45, 2.75) is 89.9 Å². The number of hydrogen-bond donors (Lipinski definition) is 3. The number of amides is 2. The first-order chi connectivity index (χ1) is 20.4. The van der Waals surface area contributed by atoms with E-state index < -0.39 is 0 Å². The number of allylic oxidation sites excluding steroid dienone is 2. The van der Waals surface area contributed by atoms with E-state index >= 15 is 0 Å². The second kappa shape index (κ2) is 14.0. The normalized spacial score (nSPS) is 17.0. The van der Waals surface area contributed by atoms with Crippen LogP contribution in [0.2, 0.25) is 0 Å². The van der Waals surface area contributed by atoms with Gasteiger partial charge in [-0.05, 0) is 99.2 Å². The highest BCUT2D eigenvalue weighted by Crippen LogP contribution is 2.45. The number of carbonyl (C=O) groups is 2. The molecular formula is C34H41N5O2S. The first-order valence-corrected chi connectivity index (χ1v) is 16.1. The number of nitrogens with zero attached hydrogens (tertiary/aromatic N) is 2. The van der Waals surface area contributed by atoms with Crippen molar-refractivity contribution in [3.63, 3.8) is 0 Å². The Balaban J connectivity index is 1.21. The topological polar surface area (TPSA) is 96.0 Å². The first-order valence-electron chi connectivity index (χ1n) is 15.2. The summed E-state index contributed by atoms with van der Waals surface area (Å²) in [5.74, 6) is 0.471. The maximum Gasteiger partial charge on any atom is 0.251 e. The van der Waals surface area contributed by atoms with E-state index in [0.29, 0.717) is 11.5 Å². The second-order valence-electron chi connectivity index (χ2n) is 11.3. The molecule has 2 amide bonds. The molecule has 220 valence electrons. The van der Waals surface area contributed by atoms with Gasteiger partial charge in [0, 0.05) is 34.7 Å². The minimum Gasteiger partial charge on any atom is -0.350 e. The van der Waals surface area contributed by atoms with E-state index in [9.17, 15) is 9.59 Å². The quantitative estimate of drug-likeness (QED) is 0.197. The number of carbonyl (C=O) groups excluding carboxylic acids is 2. The van der Waals surface area contributed by atoms with E-state index in [1.807, 2.05) is 55.5 Å². The molecule has 2 atom stereocenters. The van der Waals surface area contributed by atoms with Gasteiger partial charge >= 0.3 is 0 Å². The average Bonchev–Trinajstić information content (AvgIpc) is 3.44. The number of anilines is 3. The third-order valence-corrected chi connectivity index (χ3v) is 9.52. The highest BCUT2D eigenvalue weighted by atomic mass is 32.2. The second-order valence-corrected chi connectivity index (χ2v) is 12.6. The molecule has 0 saturated heterocycles. The smallest absolute Gasteiger partial charge is 0.251 e. The van der Waals surface area contributed by atoms with Gasteiger partial charge < -0.3 is 16.0 Å². The molecule has 7 nitrogen and oxygen atoms in total. The van der Waals surface area contributed by atoms with Crippen LogP contribution in [0.15, 0.2) is 65.2 Å². The Hall–Kier alpha value is -3.65. The van der Waals surface area contributed by atoms with Crippen molar-refractivity contribution >= 4 is 40.9 Å². The molecule has 2 aromatic carbocycles. The van der Waals surface area contributed by atoms with Gasteiger partial charge in [0.05, 0.1) is 10.9 Å². The Morgan fingerprint density at radius 2 is 1.86 bits per heavy atom. The molecule has 2 unspecified atom stereocenters. The molecule has 2 aliphatic rings. The van der Waals surface area contributed by atoms with Crippen LogP contribution in [0.4, 0.5) is 17.3 Å². The lowest BCUT2D eigenvalue weighted by Crippen LogP contribution is -2.32. The van der Waals surface area contributed by atoms with Crippen molar-refractivity contribution in [2.24, 2.45) is 0 Å². The molecule has 5 rings (SSSR count). The molecule has 0 spiro atoms. The Labute approximate surface area is 253 Å². The monoisotopic (exact) mass is 583 g/mol. The number of benzene rings is 2. The van der Waals surface area contributed by atoms with Crippen LogP contribution in [0.3, 0.4) is 0 Å². The Kier molecular flexibility index (Phi) is 9.95. The summed E-state index contributed by atoms with van der Waals surface area (Å²) in [6.45, 7) is 6.25. The van der Waals surface area contributed by atoms with E-state index in [4.69, 9.17) is 4.98 Å². The number of hydrogen-bond acceptors (Lipinski definition) is 6. The molecule has 1 aromatic heterocycles. The third kappa shape index (κ3) is 7.40. The Bertz CT molecular complexity index is 1430. The number of unbranched alkanes of at least 4 members (excludes halogenated alkanes) is 2. The molecule has 1 aliphatic heterocycles. The van der Waals surface area contributed by atoms with E-state index in [1.165, 1.54) is 36.2 Å². The molecule has 0 saturated carbocycles. The number of nitrogens with one attached hydrogen (secondary N) is 3. The number of rotatable bonds is 11. The highest BCUT2D eigenvalue weighted by Gasteiger charge is 2.31. The van der Waals surface area contributed by atoms with Crippen LogP contribution in [0.25, 0.3) is 11.3 Å². The number of thioether (sulfide) groups is 1. The highest BCUT2D eigenvalue weighted by molar-refractivity contribution is 8.04. The molecule has 0 fully saturated rings. The largest absolute Gasteiger partial charge is 0.350 e. The molecule has 1 aliphatic carbocycles. The van der Waals surface area contributed by atoms with Gasteiger partial charge in [0.25, 0.3) is 5.91 Å². The predicted octanol–water partition coefficient (Wildman–Crippen LogP) is 8.17. The summed E-state index contributed by atoms with van der Waals surface area (Å²) in [5.41, 5.74) is 6.39. The lowest BCUT2D eigenvalue weighted by Gasteiger charge is -2.15. The summed E-state index contributed by atoms with van der Waals surface area (Å²) in [6, 6.07) is 15.3. The zero-order chi connectivity index (χ0) is 29.5. The summed E-state index contributed by atoms with van der Waals surface area (Å²) >= 11 is 1.76. The van der Waals surface area contributed by atoms with E-state index in [1.54, 1.807) is 18.0 Å². The van der Waals surface area contributed by atoms with Crippen molar-refractivity contribution in [1.29, 1.82) is 0 Å². The lowest BCUT2D eigenvalue weighted by molar-refractivity contribution is -0.115. The van der Waals surface area contributed by atoms with E-state index in [2.05, 4.69) is 34.8 Å². The van der Waals surface area contributed by atoms with Gasteiger partial charge in [-0.2, -0.15) is 0 Å². The van der Waals surface area contributed by atoms with Crippen LogP contribution in [-0.2, 0) is 4.79 Å². The van der Waals surface area contributed by atoms with Crippen molar-refractivity contribution in [3.05, 3.63) is 76.3 Å². The van der Waals surface area contributed by atoms with Gasteiger partial charge in [0.1, 0.15) is 0 Å². The SMILES string of the molecule is CCCCCC(C)NC(=O)c1ccc(Nc2nccc(-c3cccc(NC(=O)C4CC5=C(CCCC5)S4)c3C)n2)cc1. The van der Waals surface area contributed by atoms with Gasteiger partial charge in [-0.3, -0.25) is 9.59 Å². The molecule has 3 N–H and O–H groups in total. The summed E-state index contributed by atoms with van der Waals surface area (Å²) in [6.07, 6.45) is 11.8. The van der Waals surface area contributed by atoms with Crippen molar-refractivity contribution in [1.82, 2.24) is 15.3 Å². The van der Waals surface area contributed by atoms with Gasteiger partial charge in [-0.25, -0.2) is 9.97 Å². The summed E-state index contributed by atoms with van der Waals surface area (Å²) in [7, 11) is 0. The minimum absolute atomic E-state index is 0.0438. The fourth-order valence-corrected chi connectivity index (χ4v) is 7.03. The van der Waals surface area contributed by atoms with Crippen molar-refractivity contribution in [3.8, 4) is 11.3 Å². The zero-order valence-electron chi connectivity index (χ0n) is 24.8.